The molecule has 4 aromatic rings. The zero-order valence-electron chi connectivity index (χ0n) is 33.6. The summed E-state index contributed by atoms with van der Waals surface area (Å²) in [5.41, 5.74) is -0.105. The van der Waals surface area contributed by atoms with E-state index in [1.54, 1.807) is 25.7 Å². The average molecular weight is 816 g/mol. The molecule has 2 amide bonds. The number of thiophene rings is 1. The van der Waals surface area contributed by atoms with Crippen molar-refractivity contribution >= 4 is 61.3 Å². The highest BCUT2D eigenvalue weighted by molar-refractivity contribution is 7.23. The van der Waals surface area contributed by atoms with E-state index in [-0.39, 0.29) is 68.8 Å². The van der Waals surface area contributed by atoms with E-state index >= 15 is 8.78 Å². The number of nitrogens with one attached hydrogen (secondary N) is 1. The number of carbonyl (C=O) groups is 2. The van der Waals surface area contributed by atoms with Crippen LogP contribution in [0.4, 0.5) is 35.1 Å². The van der Waals surface area contributed by atoms with Gasteiger partial charge in [0.2, 0.25) is 5.95 Å². The Balaban J connectivity index is 1.22. The molecule has 1 aromatic carbocycles. The highest BCUT2D eigenvalue weighted by Gasteiger charge is 2.45. The predicted molar refractivity (Wildman–Crippen MR) is 215 cm³/mol. The third kappa shape index (κ3) is 6.72. The van der Waals surface area contributed by atoms with Gasteiger partial charge in [0.05, 0.1) is 40.8 Å². The maximum absolute atomic E-state index is 18.0. The van der Waals surface area contributed by atoms with Crippen molar-refractivity contribution in [3.63, 3.8) is 0 Å². The number of hydrogen-bond donors (Lipinski definition) is 1. The van der Waals surface area contributed by atoms with E-state index in [9.17, 15) is 14.9 Å². The van der Waals surface area contributed by atoms with Crippen molar-refractivity contribution in [1.82, 2.24) is 24.8 Å². The Labute approximate surface area is 339 Å². The zero-order valence-corrected chi connectivity index (χ0v) is 34.4. The first-order valence-electron chi connectivity index (χ1n) is 20.0. The number of halogens is 2. The van der Waals surface area contributed by atoms with E-state index in [2.05, 4.69) is 31.1 Å². The lowest BCUT2D eigenvalue weighted by Crippen LogP contribution is -2.56. The fourth-order valence-electron chi connectivity index (χ4n) is 9.32. The van der Waals surface area contributed by atoms with Crippen molar-refractivity contribution in [2.24, 2.45) is 0 Å². The number of carbonyl (C=O) groups excluding carboxylic acids is 2. The van der Waals surface area contributed by atoms with Crippen molar-refractivity contribution < 1.29 is 32.6 Å². The summed E-state index contributed by atoms with van der Waals surface area (Å²) in [6.07, 6.45) is 3.67. The summed E-state index contributed by atoms with van der Waals surface area (Å²) in [6.45, 7) is 15.0. The molecule has 0 aliphatic carbocycles. The molecule has 2 bridgehead atoms. The van der Waals surface area contributed by atoms with Crippen LogP contribution in [-0.4, -0.2) is 106 Å². The van der Waals surface area contributed by atoms with Gasteiger partial charge in [-0.15, -0.1) is 11.3 Å². The number of anilines is 3. The number of benzene rings is 1. The molecule has 5 aliphatic heterocycles. The molecule has 2 unspecified atom stereocenters. The van der Waals surface area contributed by atoms with Crippen molar-refractivity contribution in [3.05, 3.63) is 34.5 Å². The summed E-state index contributed by atoms with van der Waals surface area (Å²) in [5, 5.41) is 13.7. The number of piperazine rings is 2. The summed E-state index contributed by atoms with van der Waals surface area (Å²) < 4.78 is 50.9. The van der Waals surface area contributed by atoms with Crippen LogP contribution in [0.5, 0.6) is 0 Å². The van der Waals surface area contributed by atoms with Crippen LogP contribution in [-0.2, 0) is 27.4 Å². The Morgan fingerprint density at radius 1 is 0.931 bits per heavy atom. The maximum Gasteiger partial charge on any atom is 0.412 e. The second-order valence-electron chi connectivity index (χ2n) is 17.9. The number of ether oxygens (including phenoxy) is 3. The molecule has 5 aliphatic rings. The average Bonchev–Trinajstić information content (AvgIpc) is 3.95. The summed E-state index contributed by atoms with van der Waals surface area (Å²) in [4.78, 5) is 49.6. The highest BCUT2D eigenvalue weighted by Crippen LogP contribution is 2.49. The first-order chi connectivity index (χ1) is 27.6. The monoisotopic (exact) mass is 815 g/mol. The normalized spacial score (nSPS) is 22.1. The Hall–Kier alpha value is -4.92. The second-order valence-corrected chi connectivity index (χ2v) is 18.9. The summed E-state index contributed by atoms with van der Waals surface area (Å²) in [6, 6.07) is 2.27. The molecule has 9 rings (SSSR count). The molecule has 306 valence electrons. The minimum Gasteiger partial charge on any atom is -0.444 e. The molecule has 4 fully saturated rings. The third-order valence-corrected chi connectivity index (χ3v) is 12.8. The Bertz CT molecular complexity index is 2390. The first-order valence-corrected chi connectivity index (χ1v) is 20.8. The van der Waals surface area contributed by atoms with Gasteiger partial charge in [0.15, 0.2) is 11.6 Å². The molecule has 1 N–H and O–H groups in total. The molecule has 3 aromatic heterocycles. The number of rotatable bonds is 4. The van der Waals surface area contributed by atoms with Crippen LogP contribution in [0.2, 0.25) is 0 Å². The predicted octanol–water partition coefficient (Wildman–Crippen LogP) is 7.31. The Morgan fingerprint density at radius 2 is 1.66 bits per heavy atom. The van der Waals surface area contributed by atoms with Gasteiger partial charge in [-0.05, 0) is 84.9 Å². The maximum atomic E-state index is 18.0. The van der Waals surface area contributed by atoms with Gasteiger partial charge >= 0.3 is 12.2 Å². The molecule has 3 atom stereocenters. The zero-order chi connectivity index (χ0) is 40.8. The lowest BCUT2D eigenvalue weighted by molar-refractivity contribution is 0.0209. The number of nitriles is 1. The van der Waals surface area contributed by atoms with Crippen molar-refractivity contribution in [3.8, 4) is 17.3 Å². The van der Waals surface area contributed by atoms with Crippen LogP contribution in [0.15, 0.2) is 6.20 Å². The van der Waals surface area contributed by atoms with Crippen LogP contribution in [0.3, 0.4) is 0 Å². The van der Waals surface area contributed by atoms with Gasteiger partial charge in [-0.2, -0.15) is 10.2 Å². The van der Waals surface area contributed by atoms with E-state index in [1.165, 1.54) is 0 Å². The molecule has 17 heteroatoms. The standard InChI is InChI=1S/C41H47F2N9O5S/c1-40(2,3)56-38(53)48-36-24(14-44)29-32(45-15-27(42)34(29)58-36)28-25-19-55-20-26(25)30-33(31(28)43)46-37(50-13-12-49-11-7-8-21(49)16-50)47-35(30)52-22-9-10-23(52)18-51(17-22)39(54)57-41(4,5)6/h15,21-23H,7-13,16-20H2,1-6H3,(H,48,53)/t21-,22?,23?/m0/s1. The molecule has 8 heterocycles. The fourth-order valence-corrected chi connectivity index (χ4v) is 10.4. The van der Waals surface area contributed by atoms with Gasteiger partial charge in [-0.25, -0.2) is 23.4 Å². The topological polar surface area (TPSA) is 149 Å². The molecular formula is C41H47F2N9O5S. The summed E-state index contributed by atoms with van der Waals surface area (Å²) in [7, 11) is 0. The van der Waals surface area contributed by atoms with Gasteiger partial charge in [0.25, 0.3) is 0 Å². The molecule has 0 spiro atoms. The quantitative estimate of drug-likeness (QED) is 0.220. The van der Waals surface area contributed by atoms with E-state index in [1.807, 2.05) is 20.8 Å². The third-order valence-electron chi connectivity index (χ3n) is 11.6. The number of aromatic nitrogens is 3. The largest absolute Gasteiger partial charge is 0.444 e. The lowest BCUT2D eigenvalue weighted by atomic mass is 9.93. The smallest absolute Gasteiger partial charge is 0.412 e. The lowest BCUT2D eigenvalue weighted by Gasteiger charge is -2.43. The van der Waals surface area contributed by atoms with Crippen LogP contribution < -0.4 is 15.1 Å². The van der Waals surface area contributed by atoms with Crippen LogP contribution in [0, 0.1) is 23.0 Å². The molecule has 58 heavy (non-hydrogen) atoms. The minimum atomic E-state index is -0.824. The van der Waals surface area contributed by atoms with Gasteiger partial charge in [0, 0.05) is 61.8 Å². The van der Waals surface area contributed by atoms with E-state index in [0.29, 0.717) is 60.5 Å². The van der Waals surface area contributed by atoms with E-state index < -0.39 is 28.9 Å². The molecular weight excluding hydrogens is 769 g/mol. The van der Waals surface area contributed by atoms with Gasteiger partial charge < -0.3 is 28.9 Å². The fraction of sp³-hybridized carbons (Fsp3) is 0.561. The molecule has 0 radical (unpaired) electrons. The summed E-state index contributed by atoms with van der Waals surface area (Å²) >= 11 is 0.860. The van der Waals surface area contributed by atoms with Gasteiger partial charge in [0.1, 0.15) is 33.6 Å². The number of amides is 2. The number of hydrogen-bond acceptors (Lipinski definition) is 13. The number of nitrogens with zero attached hydrogens (tertiary/aromatic N) is 8. The molecule has 0 saturated carbocycles. The van der Waals surface area contributed by atoms with E-state index in [0.717, 1.165) is 56.3 Å². The Kier molecular flexibility index (Phi) is 9.40. The number of likely N-dealkylation sites (tertiary alicyclic amines) is 1. The van der Waals surface area contributed by atoms with Gasteiger partial charge in [-0.3, -0.25) is 15.2 Å². The van der Waals surface area contributed by atoms with Crippen molar-refractivity contribution in [2.75, 3.05) is 54.4 Å². The van der Waals surface area contributed by atoms with Gasteiger partial charge in [-0.1, -0.05) is 0 Å². The van der Waals surface area contributed by atoms with Crippen LogP contribution in [0.25, 0.3) is 32.2 Å². The first kappa shape index (κ1) is 38.6. The van der Waals surface area contributed by atoms with Crippen molar-refractivity contribution in [1.29, 1.82) is 5.26 Å². The number of pyridine rings is 1. The van der Waals surface area contributed by atoms with Crippen LogP contribution >= 0.6 is 11.3 Å². The molecule has 14 nitrogen and oxygen atoms in total. The van der Waals surface area contributed by atoms with Crippen LogP contribution in [0.1, 0.15) is 83.9 Å². The highest BCUT2D eigenvalue weighted by atomic mass is 32.1. The second kappa shape index (κ2) is 14.1. The van der Waals surface area contributed by atoms with Crippen molar-refractivity contribution in [2.45, 2.75) is 110 Å². The Morgan fingerprint density at radius 3 is 2.36 bits per heavy atom. The summed E-state index contributed by atoms with van der Waals surface area (Å²) in [5.74, 6) is -0.376. The SMILES string of the molecule is CC(C)(C)OC(=O)Nc1sc2c(F)cnc(-c3c4c(c5c(N6C7CCC6CN(C(=O)OC(C)(C)C)C7)nc(N6CCN7CCC[C@H]7C6)nc5c3F)COC4)c2c1C#N. The molecule has 4 saturated heterocycles. The van der Waals surface area contributed by atoms with E-state index in [4.69, 9.17) is 24.2 Å². The number of fused-ring (bicyclic) bond motifs is 7. The minimum absolute atomic E-state index is 0.0389.